The topological polar surface area (TPSA) is 12.0 Å². The summed E-state index contributed by atoms with van der Waals surface area (Å²) in [6.07, 6.45) is 1.94. The summed E-state index contributed by atoms with van der Waals surface area (Å²) in [5.41, 5.74) is 0.926. The van der Waals surface area contributed by atoms with Gasteiger partial charge in [-0.25, -0.2) is 0 Å². The molecule has 0 aliphatic heterocycles. The highest BCUT2D eigenvalue weighted by Gasteiger charge is 1.95. The fourth-order valence-electron chi connectivity index (χ4n) is 0.731. The zero-order valence-corrected chi connectivity index (χ0v) is 8.22. The van der Waals surface area contributed by atoms with E-state index in [9.17, 15) is 0 Å². The van der Waals surface area contributed by atoms with Crippen molar-refractivity contribution in [3.8, 4) is 0 Å². The number of nitrogens with one attached hydrogen (secondary N) is 1. The van der Waals surface area contributed by atoms with E-state index in [0.717, 1.165) is 5.69 Å². The van der Waals surface area contributed by atoms with Crippen LogP contribution >= 0.6 is 35.1 Å². The minimum absolute atomic E-state index is 0.647. The molecule has 0 bridgehead atoms. The molecule has 0 radical (unpaired) electrons. The van der Waals surface area contributed by atoms with Gasteiger partial charge in [0.15, 0.2) is 0 Å². The second-order valence-electron chi connectivity index (χ2n) is 1.96. The third-order valence-corrected chi connectivity index (χ3v) is 1.96. The predicted molar refractivity (Wildman–Crippen MR) is 53.6 cm³/mol. The quantitative estimate of drug-likeness (QED) is 0.744. The molecule has 0 aliphatic rings. The lowest BCUT2D eigenvalue weighted by atomic mass is 10.3. The lowest BCUT2D eigenvalue weighted by molar-refractivity contribution is 1.68. The fraction of sp³-hybridized carbons (Fsp3) is 0.143. The van der Waals surface area contributed by atoms with Gasteiger partial charge in [0.25, 0.3) is 0 Å². The van der Waals surface area contributed by atoms with E-state index < -0.39 is 0 Å². The standard InChI is InChI=1S/C7H7Cl2NS/c1-11-10-7-3-5(8)2-6(9)4-7/h2-4,10H,1H3. The first kappa shape index (κ1) is 9.04. The van der Waals surface area contributed by atoms with Crippen LogP contribution in [0.4, 0.5) is 5.69 Å². The minimum atomic E-state index is 0.647. The maximum atomic E-state index is 5.75. The Balaban J connectivity index is 2.89. The van der Waals surface area contributed by atoms with Gasteiger partial charge in [0.2, 0.25) is 0 Å². The van der Waals surface area contributed by atoms with Gasteiger partial charge in [0, 0.05) is 22.0 Å². The Morgan fingerprint density at radius 3 is 2.18 bits per heavy atom. The van der Waals surface area contributed by atoms with Crippen LogP contribution in [0.2, 0.25) is 10.0 Å². The van der Waals surface area contributed by atoms with Crippen molar-refractivity contribution in [1.82, 2.24) is 0 Å². The number of halogens is 2. The Morgan fingerprint density at radius 1 is 1.18 bits per heavy atom. The molecule has 0 spiro atoms. The molecular weight excluding hydrogens is 201 g/mol. The lowest BCUT2D eigenvalue weighted by Gasteiger charge is -2.02. The van der Waals surface area contributed by atoms with Crippen LogP contribution in [0.25, 0.3) is 0 Å². The van der Waals surface area contributed by atoms with Crippen LogP contribution in [-0.2, 0) is 0 Å². The molecule has 0 saturated heterocycles. The van der Waals surface area contributed by atoms with Gasteiger partial charge < -0.3 is 4.72 Å². The molecule has 60 valence electrons. The van der Waals surface area contributed by atoms with Crippen molar-refractivity contribution in [1.29, 1.82) is 0 Å². The van der Waals surface area contributed by atoms with Crippen molar-refractivity contribution in [2.75, 3.05) is 11.0 Å². The minimum Gasteiger partial charge on any atom is -0.330 e. The smallest absolute Gasteiger partial charge is 0.0469 e. The predicted octanol–water partition coefficient (Wildman–Crippen LogP) is 3.68. The van der Waals surface area contributed by atoms with Crippen molar-refractivity contribution >= 4 is 40.8 Å². The van der Waals surface area contributed by atoms with Gasteiger partial charge in [0.05, 0.1) is 0 Å². The average Bonchev–Trinajstić information content (AvgIpc) is 1.85. The van der Waals surface area contributed by atoms with Crippen LogP contribution in [0.3, 0.4) is 0 Å². The van der Waals surface area contributed by atoms with Crippen molar-refractivity contribution in [2.45, 2.75) is 0 Å². The first-order chi connectivity index (χ1) is 5.22. The van der Waals surface area contributed by atoms with E-state index in [2.05, 4.69) is 4.72 Å². The normalized spacial score (nSPS) is 9.73. The van der Waals surface area contributed by atoms with E-state index in [1.807, 2.05) is 18.4 Å². The Bertz CT molecular complexity index is 232. The van der Waals surface area contributed by atoms with Crippen molar-refractivity contribution in [2.24, 2.45) is 0 Å². The molecule has 0 atom stereocenters. The Labute approximate surface area is 80.2 Å². The maximum absolute atomic E-state index is 5.75. The second kappa shape index (κ2) is 4.10. The van der Waals surface area contributed by atoms with Crippen molar-refractivity contribution in [3.05, 3.63) is 28.2 Å². The molecule has 0 aromatic heterocycles. The number of hydrogen-bond acceptors (Lipinski definition) is 2. The molecule has 0 amide bonds. The largest absolute Gasteiger partial charge is 0.330 e. The summed E-state index contributed by atoms with van der Waals surface area (Å²) < 4.78 is 3.04. The summed E-state index contributed by atoms with van der Waals surface area (Å²) in [7, 11) is 0. The summed E-state index contributed by atoms with van der Waals surface area (Å²) in [4.78, 5) is 0. The van der Waals surface area contributed by atoms with Gasteiger partial charge in [-0.3, -0.25) is 0 Å². The van der Waals surface area contributed by atoms with Gasteiger partial charge in [-0.1, -0.05) is 35.1 Å². The van der Waals surface area contributed by atoms with E-state index in [0.29, 0.717) is 10.0 Å². The fourth-order valence-corrected chi connectivity index (χ4v) is 1.61. The second-order valence-corrected chi connectivity index (χ2v) is 3.45. The zero-order valence-electron chi connectivity index (χ0n) is 5.90. The van der Waals surface area contributed by atoms with Gasteiger partial charge >= 0.3 is 0 Å². The molecule has 1 nitrogen and oxygen atoms in total. The summed E-state index contributed by atoms with van der Waals surface area (Å²) >= 11 is 13.0. The van der Waals surface area contributed by atoms with E-state index in [4.69, 9.17) is 23.2 Å². The summed E-state index contributed by atoms with van der Waals surface area (Å²) in [5, 5.41) is 1.29. The molecule has 1 rings (SSSR count). The first-order valence-corrected chi connectivity index (χ1v) is 4.95. The molecule has 0 unspecified atom stereocenters. The summed E-state index contributed by atoms with van der Waals surface area (Å²) in [6.45, 7) is 0. The third-order valence-electron chi connectivity index (χ3n) is 1.08. The average molecular weight is 208 g/mol. The van der Waals surface area contributed by atoms with E-state index in [1.165, 1.54) is 11.9 Å². The highest BCUT2D eigenvalue weighted by Crippen LogP contribution is 2.23. The van der Waals surface area contributed by atoms with E-state index >= 15 is 0 Å². The first-order valence-electron chi connectivity index (χ1n) is 2.97. The van der Waals surface area contributed by atoms with Crippen LogP contribution in [0.15, 0.2) is 18.2 Å². The van der Waals surface area contributed by atoms with Gasteiger partial charge in [0.1, 0.15) is 0 Å². The lowest BCUT2D eigenvalue weighted by Crippen LogP contribution is -1.83. The number of hydrogen-bond donors (Lipinski definition) is 1. The molecule has 0 fully saturated rings. The highest BCUT2D eigenvalue weighted by atomic mass is 35.5. The molecule has 0 aliphatic carbocycles. The van der Waals surface area contributed by atoms with Crippen LogP contribution < -0.4 is 4.72 Å². The number of rotatable bonds is 2. The molecule has 0 saturated carbocycles. The number of benzene rings is 1. The zero-order chi connectivity index (χ0) is 8.27. The molecular formula is C7H7Cl2NS. The van der Waals surface area contributed by atoms with Crippen LogP contribution in [0.5, 0.6) is 0 Å². The Kier molecular flexibility index (Phi) is 3.37. The summed E-state index contributed by atoms with van der Waals surface area (Å²) in [6, 6.07) is 5.35. The highest BCUT2D eigenvalue weighted by molar-refractivity contribution is 7.99. The van der Waals surface area contributed by atoms with Crippen LogP contribution in [0.1, 0.15) is 0 Å². The molecule has 1 N–H and O–H groups in total. The van der Waals surface area contributed by atoms with Crippen LogP contribution in [0, 0.1) is 0 Å². The molecule has 1 aromatic rings. The monoisotopic (exact) mass is 207 g/mol. The van der Waals surface area contributed by atoms with Gasteiger partial charge in [-0.15, -0.1) is 0 Å². The third kappa shape index (κ3) is 2.81. The van der Waals surface area contributed by atoms with Gasteiger partial charge in [-0.2, -0.15) is 0 Å². The molecule has 4 heteroatoms. The van der Waals surface area contributed by atoms with Crippen molar-refractivity contribution in [3.63, 3.8) is 0 Å². The Hall–Kier alpha value is -0.0500. The SMILES string of the molecule is CSNc1cc(Cl)cc(Cl)c1. The number of anilines is 1. The Morgan fingerprint density at radius 2 is 1.73 bits per heavy atom. The maximum Gasteiger partial charge on any atom is 0.0469 e. The molecule has 0 heterocycles. The molecule has 1 aromatic carbocycles. The van der Waals surface area contributed by atoms with E-state index in [-0.39, 0.29) is 0 Å². The van der Waals surface area contributed by atoms with Gasteiger partial charge in [-0.05, 0) is 18.2 Å². The molecule has 11 heavy (non-hydrogen) atoms. The van der Waals surface area contributed by atoms with Crippen molar-refractivity contribution < 1.29 is 0 Å². The van der Waals surface area contributed by atoms with Crippen LogP contribution in [-0.4, -0.2) is 6.26 Å². The van der Waals surface area contributed by atoms with E-state index in [1.54, 1.807) is 6.07 Å². The summed E-state index contributed by atoms with van der Waals surface area (Å²) in [5.74, 6) is 0.